The van der Waals surface area contributed by atoms with E-state index in [1.807, 2.05) is 0 Å². The zero-order valence-corrected chi connectivity index (χ0v) is 11.1. The van der Waals surface area contributed by atoms with Gasteiger partial charge in [0.05, 0.1) is 4.92 Å². The monoisotopic (exact) mass is 251 g/mol. The highest BCUT2D eigenvalue weighted by atomic mass is 16.6. The third kappa shape index (κ3) is 4.33. The Balaban J connectivity index is 2.50. The lowest BCUT2D eigenvalue weighted by Crippen LogP contribution is -2.29. The fourth-order valence-electron chi connectivity index (χ4n) is 1.88. The SMILES string of the molecule is CCCN(CC)CCNc1ccccc1[N+](=O)[O-]. The summed E-state index contributed by atoms with van der Waals surface area (Å²) in [5.74, 6) is 0. The van der Waals surface area contributed by atoms with Crippen molar-refractivity contribution >= 4 is 11.4 Å². The maximum Gasteiger partial charge on any atom is 0.292 e. The lowest BCUT2D eigenvalue weighted by Gasteiger charge is -2.19. The number of benzene rings is 1. The average molecular weight is 251 g/mol. The summed E-state index contributed by atoms with van der Waals surface area (Å²) >= 11 is 0. The number of nitrogens with one attached hydrogen (secondary N) is 1. The van der Waals surface area contributed by atoms with Crippen molar-refractivity contribution in [3.8, 4) is 0 Å². The first-order valence-electron chi connectivity index (χ1n) is 6.38. The van der Waals surface area contributed by atoms with Crippen molar-refractivity contribution in [3.05, 3.63) is 34.4 Å². The number of likely N-dealkylation sites (N-methyl/N-ethyl adjacent to an activating group) is 1. The van der Waals surface area contributed by atoms with E-state index in [-0.39, 0.29) is 10.6 Å². The van der Waals surface area contributed by atoms with Gasteiger partial charge in [0.15, 0.2) is 0 Å². The van der Waals surface area contributed by atoms with Gasteiger partial charge in [0.2, 0.25) is 0 Å². The second-order valence-corrected chi connectivity index (χ2v) is 4.14. The van der Waals surface area contributed by atoms with Crippen LogP contribution in [0.15, 0.2) is 24.3 Å². The number of para-hydroxylation sites is 2. The molecule has 1 N–H and O–H groups in total. The van der Waals surface area contributed by atoms with E-state index in [1.54, 1.807) is 18.2 Å². The van der Waals surface area contributed by atoms with Crippen LogP contribution in [0.3, 0.4) is 0 Å². The molecule has 0 fully saturated rings. The van der Waals surface area contributed by atoms with Crippen molar-refractivity contribution < 1.29 is 4.92 Å². The zero-order chi connectivity index (χ0) is 13.4. The van der Waals surface area contributed by atoms with Crippen LogP contribution in [0, 0.1) is 10.1 Å². The molecule has 0 aliphatic carbocycles. The van der Waals surface area contributed by atoms with E-state index < -0.39 is 0 Å². The van der Waals surface area contributed by atoms with Gasteiger partial charge in [0.1, 0.15) is 5.69 Å². The Labute approximate surface area is 108 Å². The number of nitrogens with zero attached hydrogens (tertiary/aromatic N) is 2. The van der Waals surface area contributed by atoms with E-state index in [9.17, 15) is 10.1 Å². The van der Waals surface area contributed by atoms with Crippen LogP contribution in [-0.2, 0) is 0 Å². The summed E-state index contributed by atoms with van der Waals surface area (Å²) in [6.45, 7) is 7.97. The van der Waals surface area contributed by atoms with Crippen LogP contribution in [0.4, 0.5) is 11.4 Å². The summed E-state index contributed by atoms with van der Waals surface area (Å²) in [7, 11) is 0. The molecule has 0 bridgehead atoms. The minimum absolute atomic E-state index is 0.135. The predicted octanol–water partition coefficient (Wildman–Crippen LogP) is 2.74. The Morgan fingerprint density at radius 2 is 2.00 bits per heavy atom. The van der Waals surface area contributed by atoms with Gasteiger partial charge in [0.25, 0.3) is 5.69 Å². The second-order valence-electron chi connectivity index (χ2n) is 4.14. The molecule has 1 aromatic rings. The van der Waals surface area contributed by atoms with Crippen molar-refractivity contribution in [2.75, 3.05) is 31.5 Å². The van der Waals surface area contributed by atoms with Crippen LogP contribution in [0.25, 0.3) is 0 Å². The smallest absolute Gasteiger partial charge is 0.292 e. The van der Waals surface area contributed by atoms with Crippen molar-refractivity contribution in [2.45, 2.75) is 20.3 Å². The van der Waals surface area contributed by atoms with Crippen LogP contribution >= 0.6 is 0 Å². The van der Waals surface area contributed by atoms with Gasteiger partial charge < -0.3 is 10.2 Å². The average Bonchev–Trinajstić information content (AvgIpc) is 2.38. The van der Waals surface area contributed by atoms with Crippen LogP contribution in [-0.4, -0.2) is 36.0 Å². The Hall–Kier alpha value is -1.62. The van der Waals surface area contributed by atoms with Gasteiger partial charge >= 0.3 is 0 Å². The molecule has 18 heavy (non-hydrogen) atoms. The molecule has 5 nitrogen and oxygen atoms in total. The molecule has 0 atom stereocenters. The van der Waals surface area contributed by atoms with Crippen molar-refractivity contribution in [1.29, 1.82) is 0 Å². The maximum atomic E-state index is 10.8. The van der Waals surface area contributed by atoms with Crippen LogP contribution < -0.4 is 5.32 Å². The molecule has 0 unspecified atom stereocenters. The summed E-state index contributed by atoms with van der Waals surface area (Å²) < 4.78 is 0. The molecule has 0 heterocycles. The molecule has 0 aromatic heterocycles. The third-order valence-electron chi connectivity index (χ3n) is 2.83. The lowest BCUT2D eigenvalue weighted by molar-refractivity contribution is -0.384. The molecule has 5 heteroatoms. The Morgan fingerprint density at radius 3 is 2.61 bits per heavy atom. The van der Waals surface area contributed by atoms with Crippen molar-refractivity contribution in [3.63, 3.8) is 0 Å². The molecular weight excluding hydrogens is 230 g/mol. The molecule has 1 rings (SSSR count). The fourth-order valence-corrected chi connectivity index (χ4v) is 1.88. The van der Waals surface area contributed by atoms with Crippen molar-refractivity contribution in [2.24, 2.45) is 0 Å². The first-order valence-corrected chi connectivity index (χ1v) is 6.38. The highest BCUT2D eigenvalue weighted by molar-refractivity contribution is 5.60. The molecule has 0 spiro atoms. The number of nitro groups is 1. The van der Waals surface area contributed by atoms with Gasteiger partial charge in [-0.05, 0) is 25.6 Å². The minimum atomic E-state index is -0.355. The quantitative estimate of drug-likeness (QED) is 0.570. The summed E-state index contributed by atoms with van der Waals surface area (Å²) in [4.78, 5) is 12.8. The molecular formula is C13H21N3O2. The number of hydrogen-bond acceptors (Lipinski definition) is 4. The zero-order valence-electron chi connectivity index (χ0n) is 11.1. The number of anilines is 1. The van der Waals surface area contributed by atoms with Gasteiger partial charge in [-0.2, -0.15) is 0 Å². The largest absolute Gasteiger partial charge is 0.378 e. The van der Waals surface area contributed by atoms with Gasteiger partial charge in [0, 0.05) is 19.2 Å². The molecule has 1 aromatic carbocycles. The summed E-state index contributed by atoms with van der Waals surface area (Å²) in [5.41, 5.74) is 0.728. The molecule has 100 valence electrons. The summed E-state index contributed by atoms with van der Waals surface area (Å²) in [6.07, 6.45) is 1.12. The first-order chi connectivity index (χ1) is 8.69. The number of hydrogen-bond donors (Lipinski definition) is 1. The van der Waals surface area contributed by atoms with E-state index in [0.717, 1.165) is 32.6 Å². The van der Waals surface area contributed by atoms with E-state index in [4.69, 9.17) is 0 Å². The second kappa shape index (κ2) is 7.66. The van der Waals surface area contributed by atoms with E-state index >= 15 is 0 Å². The Morgan fingerprint density at radius 1 is 1.28 bits per heavy atom. The summed E-state index contributed by atoms with van der Waals surface area (Å²) in [5, 5.41) is 14.0. The fraction of sp³-hybridized carbons (Fsp3) is 0.538. The first kappa shape index (κ1) is 14.4. The number of nitro benzene ring substituents is 1. The normalized spacial score (nSPS) is 10.6. The van der Waals surface area contributed by atoms with E-state index in [2.05, 4.69) is 24.1 Å². The molecule has 0 radical (unpaired) electrons. The van der Waals surface area contributed by atoms with Gasteiger partial charge in [-0.25, -0.2) is 0 Å². The predicted molar refractivity (Wildman–Crippen MR) is 74.0 cm³/mol. The minimum Gasteiger partial charge on any atom is -0.378 e. The van der Waals surface area contributed by atoms with Crippen LogP contribution in [0.1, 0.15) is 20.3 Å². The van der Waals surface area contributed by atoms with Gasteiger partial charge in [-0.1, -0.05) is 26.0 Å². The molecule has 0 aliphatic heterocycles. The molecule has 0 amide bonds. The standard InChI is InChI=1S/C13H21N3O2/c1-3-10-15(4-2)11-9-14-12-7-5-6-8-13(12)16(17)18/h5-8,14H,3-4,9-11H2,1-2H3. The van der Waals surface area contributed by atoms with Crippen LogP contribution in [0.2, 0.25) is 0 Å². The molecule has 0 aliphatic rings. The Kier molecular flexibility index (Phi) is 6.14. The summed E-state index contributed by atoms with van der Waals surface area (Å²) in [6, 6.07) is 6.75. The van der Waals surface area contributed by atoms with E-state index in [1.165, 1.54) is 6.07 Å². The van der Waals surface area contributed by atoms with Gasteiger partial charge in [-0.15, -0.1) is 0 Å². The third-order valence-corrected chi connectivity index (χ3v) is 2.83. The molecule has 0 saturated heterocycles. The topological polar surface area (TPSA) is 58.4 Å². The van der Waals surface area contributed by atoms with Crippen molar-refractivity contribution in [1.82, 2.24) is 4.90 Å². The number of rotatable bonds is 8. The van der Waals surface area contributed by atoms with Gasteiger partial charge in [-0.3, -0.25) is 10.1 Å². The lowest BCUT2D eigenvalue weighted by atomic mass is 10.2. The highest BCUT2D eigenvalue weighted by Gasteiger charge is 2.11. The van der Waals surface area contributed by atoms with E-state index in [0.29, 0.717) is 5.69 Å². The van der Waals surface area contributed by atoms with Crippen LogP contribution in [0.5, 0.6) is 0 Å². The molecule has 0 saturated carbocycles. The Bertz CT molecular complexity index is 382. The highest BCUT2D eigenvalue weighted by Crippen LogP contribution is 2.22. The maximum absolute atomic E-state index is 10.8.